The maximum Gasteiger partial charge on any atom is 0.416 e. The van der Waals surface area contributed by atoms with Gasteiger partial charge in [-0.3, -0.25) is 4.90 Å². The first-order valence-corrected chi connectivity index (χ1v) is 5.97. The van der Waals surface area contributed by atoms with E-state index in [1.165, 1.54) is 18.2 Å². The lowest BCUT2D eigenvalue weighted by molar-refractivity contribution is -0.137. The summed E-state index contributed by atoms with van der Waals surface area (Å²) in [6, 6.07) is 2.57. The van der Waals surface area contributed by atoms with Gasteiger partial charge in [-0.05, 0) is 31.2 Å². The molecule has 5 nitrogen and oxygen atoms in total. The normalized spacial score (nSPS) is 16.0. The van der Waals surface area contributed by atoms with Gasteiger partial charge in [-0.1, -0.05) is 6.07 Å². The third-order valence-electron chi connectivity index (χ3n) is 3.04. The molecule has 1 heterocycles. The molecule has 0 radical (unpaired) electrons. The Hall–Kier alpha value is -2.51. The smallest absolute Gasteiger partial charge is 0.351 e. The molecule has 0 aromatic heterocycles. The van der Waals surface area contributed by atoms with Gasteiger partial charge >= 0.3 is 18.2 Å². The van der Waals surface area contributed by atoms with Gasteiger partial charge in [-0.2, -0.15) is 13.2 Å². The minimum atomic E-state index is -4.52. The van der Waals surface area contributed by atoms with E-state index in [0.717, 1.165) is 21.9 Å². The van der Waals surface area contributed by atoms with Crippen LogP contribution in [0.5, 0.6) is 0 Å². The first-order valence-electron chi connectivity index (χ1n) is 5.97. The highest BCUT2D eigenvalue weighted by Gasteiger charge is 2.34. The van der Waals surface area contributed by atoms with E-state index in [0.29, 0.717) is 5.70 Å². The second kappa shape index (κ2) is 5.12. The van der Waals surface area contributed by atoms with Gasteiger partial charge in [-0.25, -0.2) is 14.5 Å². The number of benzene rings is 1. The minimum Gasteiger partial charge on any atom is -0.351 e. The monoisotopic (exact) mass is 299 g/mol. The second-order valence-corrected chi connectivity index (χ2v) is 4.46. The molecule has 21 heavy (non-hydrogen) atoms. The lowest BCUT2D eigenvalue weighted by Gasteiger charge is -2.32. The van der Waals surface area contributed by atoms with Crippen molar-refractivity contribution in [2.24, 2.45) is 5.73 Å². The van der Waals surface area contributed by atoms with E-state index >= 15 is 0 Å². The summed E-state index contributed by atoms with van der Waals surface area (Å²) in [4.78, 5) is 25.1. The number of carbonyl (C=O) groups is 2. The maximum atomic E-state index is 12.7. The Balaban J connectivity index is 2.45. The molecule has 0 fully saturated rings. The van der Waals surface area contributed by atoms with E-state index in [9.17, 15) is 22.8 Å². The van der Waals surface area contributed by atoms with Gasteiger partial charge in [0.15, 0.2) is 0 Å². The van der Waals surface area contributed by atoms with Gasteiger partial charge < -0.3 is 5.73 Å². The SMILES string of the molecule is CC1=CCN(C(N)=O)C(=O)N1c1cccc(C(F)(F)F)c1. The van der Waals surface area contributed by atoms with Gasteiger partial charge in [-0.15, -0.1) is 0 Å². The van der Waals surface area contributed by atoms with E-state index in [4.69, 9.17) is 5.73 Å². The summed E-state index contributed by atoms with van der Waals surface area (Å²) in [7, 11) is 0. The molecule has 1 aliphatic heterocycles. The zero-order valence-electron chi connectivity index (χ0n) is 11.0. The fourth-order valence-electron chi connectivity index (χ4n) is 1.98. The average Bonchev–Trinajstić information content (AvgIpc) is 2.37. The summed E-state index contributed by atoms with van der Waals surface area (Å²) in [5, 5.41) is 0. The summed E-state index contributed by atoms with van der Waals surface area (Å²) in [5.41, 5.74) is 4.65. The third-order valence-corrected chi connectivity index (χ3v) is 3.04. The van der Waals surface area contributed by atoms with Gasteiger partial charge in [0.05, 0.1) is 17.8 Å². The van der Waals surface area contributed by atoms with Crippen molar-refractivity contribution >= 4 is 17.7 Å². The zero-order valence-corrected chi connectivity index (χ0v) is 11.0. The summed E-state index contributed by atoms with van der Waals surface area (Å²) >= 11 is 0. The van der Waals surface area contributed by atoms with Gasteiger partial charge in [0.1, 0.15) is 0 Å². The van der Waals surface area contributed by atoms with Gasteiger partial charge in [0.2, 0.25) is 0 Å². The van der Waals surface area contributed by atoms with Crippen molar-refractivity contribution < 1.29 is 22.8 Å². The standard InChI is InChI=1S/C13H12F3N3O2/c1-8-5-6-18(11(17)20)12(21)19(8)10-4-2-3-9(7-10)13(14,15)16/h2-5,7H,6H2,1H3,(H2,17,20). The summed E-state index contributed by atoms with van der Waals surface area (Å²) < 4.78 is 38.2. The summed E-state index contributed by atoms with van der Waals surface area (Å²) in [6.45, 7) is 1.56. The molecule has 1 aliphatic rings. The van der Waals surface area contributed by atoms with Crippen LogP contribution in [0.15, 0.2) is 36.0 Å². The number of halogens is 3. The molecule has 2 rings (SSSR count). The van der Waals surface area contributed by atoms with Crippen molar-refractivity contribution in [1.29, 1.82) is 0 Å². The topological polar surface area (TPSA) is 66.6 Å². The van der Waals surface area contributed by atoms with E-state index in [1.807, 2.05) is 0 Å². The number of urea groups is 2. The van der Waals surface area contributed by atoms with Crippen molar-refractivity contribution in [3.05, 3.63) is 41.6 Å². The first-order chi connectivity index (χ1) is 9.71. The maximum absolute atomic E-state index is 12.7. The number of rotatable bonds is 1. The largest absolute Gasteiger partial charge is 0.416 e. The number of allylic oxidation sites excluding steroid dienone is 1. The molecule has 8 heteroatoms. The van der Waals surface area contributed by atoms with Crippen molar-refractivity contribution in [3.8, 4) is 0 Å². The van der Waals surface area contributed by atoms with Crippen LogP contribution in [0.2, 0.25) is 0 Å². The fraction of sp³-hybridized carbons (Fsp3) is 0.231. The molecular weight excluding hydrogens is 287 g/mol. The van der Waals surface area contributed by atoms with E-state index in [-0.39, 0.29) is 12.2 Å². The number of nitrogens with zero attached hydrogens (tertiary/aromatic N) is 2. The predicted octanol–water partition coefficient (Wildman–Crippen LogP) is 2.93. The van der Waals surface area contributed by atoms with Crippen LogP contribution >= 0.6 is 0 Å². The van der Waals surface area contributed by atoms with Crippen LogP contribution in [-0.4, -0.2) is 23.5 Å². The molecule has 0 bridgehead atoms. The number of hydrogen-bond acceptors (Lipinski definition) is 2. The number of hydrogen-bond donors (Lipinski definition) is 1. The molecule has 0 atom stereocenters. The molecule has 0 spiro atoms. The van der Waals surface area contributed by atoms with Crippen LogP contribution in [-0.2, 0) is 6.18 Å². The average molecular weight is 299 g/mol. The molecule has 1 aromatic rings. The lowest BCUT2D eigenvalue weighted by atomic mass is 10.1. The zero-order chi connectivity index (χ0) is 15.8. The Bertz CT molecular complexity index is 625. The lowest BCUT2D eigenvalue weighted by Crippen LogP contribution is -2.51. The molecular formula is C13H12F3N3O2. The van der Waals surface area contributed by atoms with Crippen LogP contribution < -0.4 is 10.6 Å². The van der Waals surface area contributed by atoms with Gasteiger partial charge in [0, 0.05) is 5.70 Å². The molecule has 2 N–H and O–H groups in total. The highest BCUT2D eigenvalue weighted by molar-refractivity contribution is 6.04. The highest BCUT2D eigenvalue weighted by atomic mass is 19.4. The van der Waals surface area contributed by atoms with Crippen LogP contribution in [0.4, 0.5) is 28.4 Å². The third kappa shape index (κ3) is 2.83. The van der Waals surface area contributed by atoms with Crippen LogP contribution in [0.1, 0.15) is 12.5 Å². The fourth-order valence-corrected chi connectivity index (χ4v) is 1.98. The molecule has 1 aromatic carbocycles. The van der Waals surface area contributed by atoms with Crippen molar-refractivity contribution in [2.45, 2.75) is 13.1 Å². The second-order valence-electron chi connectivity index (χ2n) is 4.46. The number of anilines is 1. The van der Waals surface area contributed by atoms with Crippen LogP contribution in [0, 0.1) is 0 Å². The van der Waals surface area contributed by atoms with E-state index in [2.05, 4.69) is 0 Å². The van der Waals surface area contributed by atoms with Crippen LogP contribution in [0.3, 0.4) is 0 Å². The summed E-state index contributed by atoms with van der Waals surface area (Å²) in [6.07, 6.45) is -2.98. The Labute approximate surface area is 118 Å². The Morgan fingerprint density at radius 3 is 2.57 bits per heavy atom. The number of alkyl halides is 3. The molecule has 0 aliphatic carbocycles. The predicted molar refractivity (Wildman–Crippen MR) is 69.4 cm³/mol. The van der Waals surface area contributed by atoms with Crippen molar-refractivity contribution in [1.82, 2.24) is 4.90 Å². The van der Waals surface area contributed by atoms with Gasteiger partial charge in [0.25, 0.3) is 0 Å². The molecule has 4 amide bonds. The molecule has 0 saturated carbocycles. The number of primary amides is 1. The van der Waals surface area contributed by atoms with E-state index < -0.39 is 23.8 Å². The number of imide groups is 1. The number of carbonyl (C=O) groups excluding carboxylic acids is 2. The summed E-state index contributed by atoms with van der Waals surface area (Å²) in [5.74, 6) is 0. The number of amides is 4. The van der Waals surface area contributed by atoms with Crippen LogP contribution in [0.25, 0.3) is 0 Å². The van der Waals surface area contributed by atoms with Crippen molar-refractivity contribution in [2.75, 3.05) is 11.4 Å². The van der Waals surface area contributed by atoms with Crippen molar-refractivity contribution in [3.63, 3.8) is 0 Å². The molecule has 0 unspecified atom stereocenters. The van der Waals surface area contributed by atoms with E-state index in [1.54, 1.807) is 6.92 Å². The Morgan fingerprint density at radius 2 is 2.00 bits per heavy atom. The molecule has 112 valence electrons. The number of nitrogens with two attached hydrogens (primary N) is 1. The minimum absolute atomic E-state index is 0.00450. The quantitative estimate of drug-likeness (QED) is 0.866. The highest BCUT2D eigenvalue weighted by Crippen LogP contribution is 2.33. The Kier molecular flexibility index (Phi) is 3.63. The first kappa shape index (κ1) is 14.9. The molecule has 0 saturated heterocycles. The Morgan fingerprint density at radius 1 is 1.33 bits per heavy atom.